The van der Waals surface area contributed by atoms with E-state index in [0.717, 1.165) is 43.1 Å². The van der Waals surface area contributed by atoms with Gasteiger partial charge in [-0.2, -0.15) is 0 Å². The summed E-state index contributed by atoms with van der Waals surface area (Å²) in [7, 11) is 0. The van der Waals surface area contributed by atoms with Crippen LogP contribution in [0, 0.1) is 6.92 Å². The van der Waals surface area contributed by atoms with Crippen LogP contribution >= 0.6 is 0 Å². The van der Waals surface area contributed by atoms with Crippen LogP contribution in [0.25, 0.3) is 0 Å². The first-order valence-electron chi connectivity index (χ1n) is 7.33. The van der Waals surface area contributed by atoms with Crippen LogP contribution in [0.3, 0.4) is 0 Å². The maximum absolute atomic E-state index is 12.5. The van der Waals surface area contributed by atoms with Gasteiger partial charge in [0.25, 0.3) is 5.91 Å². The number of hydrogen-bond donors (Lipinski definition) is 1. The highest BCUT2D eigenvalue weighted by Gasteiger charge is 2.21. The number of pyridine rings is 1. The molecule has 0 aliphatic carbocycles. The van der Waals surface area contributed by atoms with Crippen molar-refractivity contribution in [1.29, 1.82) is 0 Å². The maximum atomic E-state index is 12.5. The Hall–Kier alpha value is -2.36. The Morgan fingerprint density at radius 2 is 1.81 bits per heavy atom. The van der Waals surface area contributed by atoms with Crippen molar-refractivity contribution in [1.82, 2.24) is 4.98 Å². The Balaban J connectivity index is 1.88. The minimum absolute atomic E-state index is 0.101. The number of nitrogens with one attached hydrogen (secondary N) is 1. The number of benzene rings is 1. The molecule has 1 fully saturated rings. The van der Waals surface area contributed by atoms with Crippen LogP contribution in [0.15, 0.2) is 42.5 Å². The third-order valence-electron chi connectivity index (χ3n) is 3.70. The molecule has 1 aliphatic heterocycles. The van der Waals surface area contributed by atoms with Gasteiger partial charge in [-0.3, -0.25) is 4.79 Å². The fourth-order valence-corrected chi connectivity index (χ4v) is 2.61. The van der Waals surface area contributed by atoms with Crippen molar-refractivity contribution in [2.45, 2.75) is 19.8 Å². The molecule has 0 bridgehead atoms. The van der Waals surface area contributed by atoms with Crippen LogP contribution < -0.4 is 10.2 Å². The lowest BCUT2D eigenvalue weighted by molar-refractivity contribution is 0.102. The zero-order valence-corrected chi connectivity index (χ0v) is 12.2. The van der Waals surface area contributed by atoms with Gasteiger partial charge < -0.3 is 10.2 Å². The Morgan fingerprint density at radius 3 is 2.52 bits per heavy atom. The van der Waals surface area contributed by atoms with Crippen molar-refractivity contribution in [3.8, 4) is 0 Å². The zero-order chi connectivity index (χ0) is 14.7. The molecule has 3 rings (SSSR count). The molecule has 4 heteroatoms. The Bertz CT molecular complexity index is 634. The van der Waals surface area contributed by atoms with E-state index in [4.69, 9.17) is 0 Å². The first kappa shape index (κ1) is 13.6. The lowest BCUT2D eigenvalue weighted by Gasteiger charge is -2.20. The molecular formula is C17H19N3O. The van der Waals surface area contributed by atoms with Crippen molar-refractivity contribution >= 4 is 17.4 Å². The molecule has 0 spiro atoms. The quantitative estimate of drug-likeness (QED) is 0.939. The highest BCUT2D eigenvalue weighted by molar-refractivity contribution is 6.07. The molecule has 1 saturated heterocycles. The molecular weight excluding hydrogens is 262 g/mol. The fraction of sp³-hybridized carbons (Fsp3) is 0.294. The number of carbonyl (C=O) groups excluding carboxylic acids is 1. The normalized spacial score (nSPS) is 14.2. The summed E-state index contributed by atoms with van der Waals surface area (Å²) in [5, 5.41) is 2.94. The first-order chi connectivity index (χ1) is 10.2. The minimum atomic E-state index is -0.101. The summed E-state index contributed by atoms with van der Waals surface area (Å²) in [6, 6.07) is 13.3. The second-order valence-corrected chi connectivity index (χ2v) is 5.34. The molecule has 1 N–H and O–H groups in total. The molecule has 0 atom stereocenters. The standard InChI is InChI=1S/C17H19N3O/c1-13-9-10-15(16(18-13)20-11-5-6-12-20)17(21)19-14-7-3-2-4-8-14/h2-4,7-10H,5-6,11-12H2,1H3,(H,19,21). The predicted octanol–water partition coefficient (Wildman–Crippen LogP) is 3.24. The number of nitrogens with zero attached hydrogens (tertiary/aromatic N) is 2. The number of hydrogen-bond acceptors (Lipinski definition) is 3. The van der Waals surface area contributed by atoms with E-state index >= 15 is 0 Å². The number of anilines is 2. The number of rotatable bonds is 3. The van der Waals surface area contributed by atoms with Gasteiger partial charge in [-0.05, 0) is 44.0 Å². The smallest absolute Gasteiger partial charge is 0.259 e. The number of carbonyl (C=O) groups is 1. The number of para-hydroxylation sites is 1. The summed E-state index contributed by atoms with van der Waals surface area (Å²) < 4.78 is 0. The second-order valence-electron chi connectivity index (χ2n) is 5.34. The Labute approximate surface area is 124 Å². The van der Waals surface area contributed by atoms with Crippen LogP contribution in [0.1, 0.15) is 28.9 Å². The van der Waals surface area contributed by atoms with Crippen molar-refractivity contribution in [2.24, 2.45) is 0 Å². The van der Waals surface area contributed by atoms with Crippen LogP contribution in [0.4, 0.5) is 11.5 Å². The van der Waals surface area contributed by atoms with E-state index in [1.54, 1.807) is 0 Å². The highest BCUT2D eigenvalue weighted by atomic mass is 16.1. The lowest BCUT2D eigenvalue weighted by atomic mass is 10.2. The molecule has 1 aromatic carbocycles. The Morgan fingerprint density at radius 1 is 1.10 bits per heavy atom. The largest absolute Gasteiger partial charge is 0.356 e. The highest BCUT2D eigenvalue weighted by Crippen LogP contribution is 2.24. The zero-order valence-electron chi connectivity index (χ0n) is 12.2. The van der Waals surface area contributed by atoms with Crippen molar-refractivity contribution in [3.63, 3.8) is 0 Å². The summed E-state index contributed by atoms with van der Waals surface area (Å²) in [5.74, 6) is 0.705. The van der Waals surface area contributed by atoms with Crippen molar-refractivity contribution in [2.75, 3.05) is 23.3 Å². The van der Waals surface area contributed by atoms with Gasteiger partial charge in [0.2, 0.25) is 0 Å². The Kier molecular flexibility index (Phi) is 3.86. The van der Waals surface area contributed by atoms with E-state index in [-0.39, 0.29) is 5.91 Å². The monoisotopic (exact) mass is 281 g/mol. The second kappa shape index (κ2) is 5.95. The van der Waals surface area contributed by atoms with E-state index in [2.05, 4.69) is 15.2 Å². The number of amides is 1. The number of aromatic nitrogens is 1. The van der Waals surface area contributed by atoms with Crippen molar-refractivity contribution in [3.05, 3.63) is 53.7 Å². The van der Waals surface area contributed by atoms with E-state index < -0.39 is 0 Å². The number of aryl methyl sites for hydroxylation is 1. The predicted molar refractivity (Wildman–Crippen MR) is 84.8 cm³/mol. The third-order valence-corrected chi connectivity index (χ3v) is 3.70. The molecule has 0 unspecified atom stereocenters. The van der Waals surface area contributed by atoms with Crippen LogP contribution in [-0.2, 0) is 0 Å². The van der Waals surface area contributed by atoms with E-state index in [0.29, 0.717) is 5.56 Å². The average molecular weight is 281 g/mol. The van der Waals surface area contributed by atoms with Crippen molar-refractivity contribution < 1.29 is 4.79 Å². The summed E-state index contributed by atoms with van der Waals surface area (Å²) in [6.07, 6.45) is 2.32. The molecule has 1 amide bonds. The van der Waals surface area contributed by atoms with Gasteiger partial charge in [-0.15, -0.1) is 0 Å². The molecule has 4 nitrogen and oxygen atoms in total. The molecule has 0 saturated carbocycles. The van der Waals surface area contributed by atoms with Gasteiger partial charge in [-0.25, -0.2) is 4.98 Å². The molecule has 1 aromatic heterocycles. The minimum Gasteiger partial charge on any atom is -0.356 e. The van der Waals surface area contributed by atoms with Gasteiger partial charge in [-0.1, -0.05) is 18.2 Å². The van der Waals surface area contributed by atoms with E-state index in [1.165, 1.54) is 0 Å². The summed E-state index contributed by atoms with van der Waals surface area (Å²) in [5.41, 5.74) is 2.38. The lowest BCUT2D eigenvalue weighted by Crippen LogP contribution is -2.24. The fourth-order valence-electron chi connectivity index (χ4n) is 2.61. The van der Waals surface area contributed by atoms with Gasteiger partial charge in [0.15, 0.2) is 0 Å². The first-order valence-corrected chi connectivity index (χ1v) is 7.33. The average Bonchev–Trinajstić information content (AvgIpc) is 3.02. The maximum Gasteiger partial charge on any atom is 0.259 e. The SMILES string of the molecule is Cc1ccc(C(=O)Nc2ccccc2)c(N2CCCC2)n1. The van der Waals surface area contributed by atoms with Crippen LogP contribution in [0.2, 0.25) is 0 Å². The molecule has 1 aliphatic rings. The van der Waals surface area contributed by atoms with E-state index in [9.17, 15) is 4.79 Å². The van der Waals surface area contributed by atoms with Gasteiger partial charge in [0, 0.05) is 24.5 Å². The molecule has 2 heterocycles. The van der Waals surface area contributed by atoms with Gasteiger partial charge >= 0.3 is 0 Å². The summed E-state index contributed by atoms with van der Waals surface area (Å²) in [6.45, 7) is 3.91. The van der Waals surface area contributed by atoms with Gasteiger partial charge in [0.1, 0.15) is 5.82 Å². The molecule has 2 aromatic rings. The van der Waals surface area contributed by atoms with Crippen LogP contribution in [0.5, 0.6) is 0 Å². The summed E-state index contributed by atoms with van der Waals surface area (Å²) >= 11 is 0. The summed E-state index contributed by atoms with van der Waals surface area (Å²) in [4.78, 5) is 19.3. The molecule has 0 radical (unpaired) electrons. The topological polar surface area (TPSA) is 45.2 Å². The van der Waals surface area contributed by atoms with E-state index in [1.807, 2.05) is 49.4 Å². The molecule has 108 valence electrons. The van der Waals surface area contributed by atoms with Gasteiger partial charge in [0.05, 0.1) is 5.56 Å². The van der Waals surface area contributed by atoms with Crippen LogP contribution in [-0.4, -0.2) is 24.0 Å². The molecule has 21 heavy (non-hydrogen) atoms. The third kappa shape index (κ3) is 3.05.